The summed E-state index contributed by atoms with van der Waals surface area (Å²) < 4.78 is 0. The van der Waals surface area contributed by atoms with Crippen LogP contribution in [0.2, 0.25) is 0 Å². The van der Waals surface area contributed by atoms with Crippen LogP contribution in [0.1, 0.15) is 28.5 Å². The molecule has 130 valence electrons. The maximum absolute atomic E-state index is 12.5. The van der Waals surface area contributed by atoms with Gasteiger partial charge in [0.1, 0.15) is 17.8 Å². The number of rotatable bonds is 4. The minimum atomic E-state index is -0.217. The van der Waals surface area contributed by atoms with Gasteiger partial charge in [0.25, 0.3) is 5.91 Å². The van der Waals surface area contributed by atoms with Gasteiger partial charge in [-0.05, 0) is 42.7 Å². The molecule has 1 amide bonds. The van der Waals surface area contributed by atoms with Gasteiger partial charge in [0.2, 0.25) is 0 Å². The highest BCUT2D eigenvalue weighted by molar-refractivity contribution is 5.93. The molecule has 0 spiro atoms. The lowest BCUT2D eigenvalue weighted by Gasteiger charge is -2.23. The molecule has 1 atom stereocenters. The Labute approximate surface area is 151 Å². The van der Waals surface area contributed by atoms with Crippen molar-refractivity contribution in [2.24, 2.45) is 0 Å². The minimum absolute atomic E-state index is 0.217. The van der Waals surface area contributed by atoms with Gasteiger partial charge in [0, 0.05) is 36.7 Å². The predicted molar refractivity (Wildman–Crippen MR) is 99.2 cm³/mol. The van der Waals surface area contributed by atoms with E-state index < -0.39 is 0 Å². The highest BCUT2D eigenvalue weighted by Gasteiger charge is 2.28. The summed E-state index contributed by atoms with van der Waals surface area (Å²) >= 11 is 0. The Morgan fingerprint density at radius 2 is 2.00 bits per heavy atom. The molecule has 4 rings (SSSR count). The molecule has 1 aliphatic heterocycles. The predicted octanol–water partition coefficient (Wildman–Crippen LogP) is 2.88. The first-order valence-corrected chi connectivity index (χ1v) is 8.58. The van der Waals surface area contributed by atoms with E-state index in [9.17, 15) is 4.79 Å². The van der Waals surface area contributed by atoms with Crippen LogP contribution in [0.15, 0.2) is 61.2 Å². The van der Waals surface area contributed by atoms with E-state index in [1.54, 1.807) is 18.5 Å². The summed E-state index contributed by atoms with van der Waals surface area (Å²) in [5, 5.41) is 2.89. The molecule has 3 aromatic rings. The molecule has 0 radical (unpaired) electrons. The van der Waals surface area contributed by atoms with E-state index >= 15 is 0 Å². The molecule has 0 bridgehead atoms. The molecule has 1 aromatic carbocycles. The number of carbonyl (C=O) groups excluding carboxylic acids is 1. The quantitative estimate of drug-likeness (QED) is 0.787. The van der Waals surface area contributed by atoms with Crippen LogP contribution in [-0.2, 0) is 13.0 Å². The van der Waals surface area contributed by atoms with Gasteiger partial charge in [0.15, 0.2) is 0 Å². The molecule has 6 nitrogen and oxygen atoms in total. The summed E-state index contributed by atoms with van der Waals surface area (Å²) in [6, 6.07) is 14.1. The van der Waals surface area contributed by atoms with Crippen molar-refractivity contribution in [2.45, 2.75) is 25.9 Å². The van der Waals surface area contributed by atoms with E-state index in [0.717, 1.165) is 23.5 Å². The Balaban J connectivity index is 1.54. The Morgan fingerprint density at radius 1 is 1.19 bits per heavy atom. The van der Waals surface area contributed by atoms with Crippen molar-refractivity contribution < 1.29 is 4.79 Å². The Bertz CT molecular complexity index is 928. The summed E-state index contributed by atoms with van der Waals surface area (Å²) in [5.41, 5.74) is 3.79. The topological polar surface area (TPSA) is 71.0 Å². The lowest BCUT2D eigenvalue weighted by Crippen LogP contribution is -2.27. The van der Waals surface area contributed by atoms with Gasteiger partial charge in [-0.2, -0.15) is 0 Å². The van der Waals surface area contributed by atoms with E-state index in [2.05, 4.69) is 44.2 Å². The number of nitrogens with one attached hydrogen (secondary N) is 1. The standard InChI is InChI=1S/C20H19N5O/c1-14-10-16-4-2-3-5-18(16)25(14)19-11-17(23-13-24-19)20(26)22-12-15-6-8-21-9-7-15/h2-9,11,13-14H,10,12H2,1H3,(H,22,26). The first kappa shape index (κ1) is 16.2. The van der Waals surface area contributed by atoms with Gasteiger partial charge < -0.3 is 10.2 Å². The van der Waals surface area contributed by atoms with E-state index in [0.29, 0.717) is 12.2 Å². The van der Waals surface area contributed by atoms with Crippen molar-refractivity contribution in [3.05, 3.63) is 78.0 Å². The van der Waals surface area contributed by atoms with Crippen LogP contribution in [0.4, 0.5) is 11.5 Å². The van der Waals surface area contributed by atoms with E-state index in [1.165, 1.54) is 11.9 Å². The zero-order chi connectivity index (χ0) is 17.9. The number of benzene rings is 1. The van der Waals surface area contributed by atoms with E-state index in [-0.39, 0.29) is 11.9 Å². The Kier molecular flexibility index (Phi) is 4.31. The molecule has 6 heteroatoms. The second-order valence-corrected chi connectivity index (χ2v) is 6.35. The number of anilines is 2. The van der Waals surface area contributed by atoms with Crippen molar-refractivity contribution in [1.29, 1.82) is 0 Å². The molecule has 1 N–H and O–H groups in total. The number of carbonyl (C=O) groups is 1. The van der Waals surface area contributed by atoms with Crippen LogP contribution in [0, 0.1) is 0 Å². The number of fused-ring (bicyclic) bond motifs is 1. The molecular formula is C20H19N5O. The van der Waals surface area contributed by atoms with Gasteiger partial charge in [-0.15, -0.1) is 0 Å². The third-order valence-corrected chi connectivity index (χ3v) is 4.54. The van der Waals surface area contributed by atoms with Crippen molar-refractivity contribution in [1.82, 2.24) is 20.3 Å². The number of aromatic nitrogens is 3. The lowest BCUT2D eigenvalue weighted by atomic mass is 10.1. The number of para-hydroxylation sites is 1. The second kappa shape index (κ2) is 6.92. The number of nitrogens with zero attached hydrogens (tertiary/aromatic N) is 4. The molecule has 0 aliphatic carbocycles. The first-order chi connectivity index (χ1) is 12.7. The van der Waals surface area contributed by atoms with Crippen molar-refractivity contribution in [2.75, 3.05) is 4.90 Å². The number of amides is 1. The largest absolute Gasteiger partial charge is 0.347 e. The average Bonchev–Trinajstić information content (AvgIpc) is 3.02. The SMILES string of the molecule is CC1Cc2ccccc2N1c1cc(C(=O)NCc2ccncc2)ncn1. The van der Waals surface area contributed by atoms with Crippen molar-refractivity contribution >= 4 is 17.4 Å². The lowest BCUT2D eigenvalue weighted by molar-refractivity contribution is 0.0945. The monoisotopic (exact) mass is 345 g/mol. The third kappa shape index (κ3) is 3.13. The molecule has 26 heavy (non-hydrogen) atoms. The van der Waals surface area contributed by atoms with Crippen LogP contribution in [0.25, 0.3) is 0 Å². The van der Waals surface area contributed by atoms with Gasteiger partial charge >= 0.3 is 0 Å². The Morgan fingerprint density at radius 3 is 2.85 bits per heavy atom. The molecule has 2 aromatic heterocycles. The van der Waals surface area contributed by atoms with E-state index in [1.807, 2.05) is 24.3 Å². The fourth-order valence-electron chi connectivity index (χ4n) is 3.29. The minimum Gasteiger partial charge on any atom is -0.347 e. The zero-order valence-electron chi connectivity index (χ0n) is 14.5. The third-order valence-electron chi connectivity index (χ3n) is 4.54. The smallest absolute Gasteiger partial charge is 0.270 e. The second-order valence-electron chi connectivity index (χ2n) is 6.35. The molecule has 0 fully saturated rings. The zero-order valence-corrected chi connectivity index (χ0v) is 14.5. The number of pyridine rings is 1. The van der Waals surface area contributed by atoms with Crippen LogP contribution >= 0.6 is 0 Å². The Hall–Kier alpha value is -3.28. The van der Waals surface area contributed by atoms with Crippen LogP contribution in [0.3, 0.4) is 0 Å². The van der Waals surface area contributed by atoms with Gasteiger partial charge in [-0.1, -0.05) is 18.2 Å². The van der Waals surface area contributed by atoms with Crippen LogP contribution in [-0.4, -0.2) is 26.9 Å². The summed E-state index contributed by atoms with van der Waals surface area (Å²) in [7, 11) is 0. The first-order valence-electron chi connectivity index (χ1n) is 8.58. The summed E-state index contributed by atoms with van der Waals surface area (Å²) in [6.45, 7) is 2.59. The van der Waals surface area contributed by atoms with Gasteiger partial charge in [0.05, 0.1) is 0 Å². The molecule has 3 heterocycles. The van der Waals surface area contributed by atoms with Crippen LogP contribution < -0.4 is 10.2 Å². The fraction of sp³-hybridized carbons (Fsp3) is 0.200. The molecule has 1 aliphatic rings. The van der Waals surface area contributed by atoms with Crippen molar-refractivity contribution in [3.8, 4) is 0 Å². The van der Waals surface area contributed by atoms with Gasteiger partial charge in [-0.25, -0.2) is 9.97 Å². The molecule has 0 saturated carbocycles. The fourth-order valence-corrected chi connectivity index (χ4v) is 3.29. The van der Waals surface area contributed by atoms with E-state index in [4.69, 9.17) is 0 Å². The molecular weight excluding hydrogens is 326 g/mol. The van der Waals surface area contributed by atoms with Crippen LogP contribution in [0.5, 0.6) is 0 Å². The average molecular weight is 345 g/mol. The van der Waals surface area contributed by atoms with Crippen molar-refractivity contribution in [3.63, 3.8) is 0 Å². The number of hydrogen-bond donors (Lipinski definition) is 1. The molecule has 1 unspecified atom stereocenters. The normalized spacial score (nSPS) is 15.6. The van der Waals surface area contributed by atoms with Gasteiger partial charge in [-0.3, -0.25) is 9.78 Å². The highest BCUT2D eigenvalue weighted by Crippen LogP contribution is 2.36. The summed E-state index contributed by atoms with van der Waals surface area (Å²) in [5.74, 6) is 0.525. The summed E-state index contributed by atoms with van der Waals surface area (Å²) in [6.07, 6.45) is 5.82. The maximum Gasteiger partial charge on any atom is 0.270 e. The molecule has 0 saturated heterocycles. The maximum atomic E-state index is 12.5. The number of hydrogen-bond acceptors (Lipinski definition) is 5. The summed E-state index contributed by atoms with van der Waals surface area (Å²) in [4.78, 5) is 27.2. The highest BCUT2D eigenvalue weighted by atomic mass is 16.1.